The third kappa shape index (κ3) is 6.88. The van der Waals surface area contributed by atoms with Crippen molar-refractivity contribution >= 4 is 6.16 Å². The number of carbonyl (C=O) groups excluding carboxylic acids is 1. The fourth-order valence-electron chi connectivity index (χ4n) is 3.94. The van der Waals surface area contributed by atoms with E-state index in [1.54, 1.807) is 0 Å². The lowest BCUT2D eigenvalue weighted by Gasteiger charge is -2.26. The fraction of sp³-hybridized carbons (Fsp3) is 0.516. The van der Waals surface area contributed by atoms with E-state index in [-0.39, 0.29) is 24.0 Å². The van der Waals surface area contributed by atoms with E-state index < -0.39 is 17.0 Å². The van der Waals surface area contributed by atoms with E-state index in [2.05, 4.69) is 53.7 Å². The Balaban J connectivity index is 2.22. The maximum Gasteiger partial charge on any atom is 0.508 e. The monoisotopic (exact) mass is 488 g/mol. The van der Waals surface area contributed by atoms with Gasteiger partial charge in [-0.25, -0.2) is 4.79 Å². The smallest absolute Gasteiger partial charge is 0.429 e. The molecule has 192 valence electrons. The van der Waals surface area contributed by atoms with Crippen LogP contribution in [0.5, 0.6) is 0 Å². The van der Waals surface area contributed by atoms with Crippen molar-refractivity contribution in [3.63, 3.8) is 0 Å². The summed E-state index contributed by atoms with van der Waals surface area (Å²) in [5, 5.41) is 19.5. The van der Waals surface area contributed by atoms with Crippen molar-refractivity contribution in [3.05, 3.63) is 69.8 Å². The van der Waals surface area contributed by atoms with Crippen molar-refractivity contribution in [1.29, 1.82) is 10.5 Å². The van der Waals surface area contributed by atoms with Crippen LogP contribution in [0.1, 0.15) is 103 Å². The number of rotatable bonds is 6. The van der Waals surface area contributed by atoms with Crippen molar-refractivity contribution in [3.8, 4) is 12.1 Å². The second-order valence-electron chi connectivity index (χ2n) is 12.5. The Hall–Kier alpha value is -3.31. The van der Waals surface area contributed by atoms with Crippen molar-refractivity contribution < 1.29 is 14.3 Å². The fourth-order valence-corrected chi connectivity index (χ4v) is 3.94. The Kier molecular flexibility index (Phi) is 8.32. The summed E-state index contributed by atoms with van der Waals surface area (Å²) in [5.41, 5.74) is 3.80. The van der Waals surface area contributed by atoms with Crippen LogP contribution in [-0.4, -0.2) is 6.16 Å². The number of hydrogen-bond donors (Lipinski definition) is 0. The third-order valence-corrected chi connectivity index (χ3v) is 6.55. The van der Waals surface area contributed by atoms with Gasteiger partial charge >= 0.3 is 6.16 Å². The van der Waals surface area contributed by atoms with E-state index in [0.29, 0.717) is 0 Å². The van der Waals surface area contributed by atoms with Gasteiger partial charge in [0.15, 0.2) is 0 Å². The summed E-state index contributed by atoms with van der Waals surface area (Å²) in [5.74, 6) is 0. The lowest BCUT2D eigenvalue weighted by atomic mass is 9.78. The molecule has 0 aliphatic carbocycles. The van der Waals surface area contributed by atoms with E-state index in [1.807, 2.05) is 64.1 Å². The lowest BCUT2D eigenvalue weighted by molar-refractivity contribution is 0.0441. The molecule has 2 aromatic rings. The summed E-state index contributed by atoms with van der Waals surface area (Å²) in [6, 6.07) is 16.6. The van der Waals surface area contributed by atoms with Crippen molar-refractivity contribution in [2.45, 2.75) is 104 Å². The first kappa shape index (κ1) is 28.9. The molecule has 0 unspecified atom stereocenters. The molecule has 0 saturated heterocycles. The van der Waals surface area contributed by atoms with E-state index in [4.69, 9.17) is 9.47 Å². The molecule has 2 aromatic carbocycles. The van der Waals surface area contributed by atoms with Crippen molar-refractivity contribution in [2.75, 3.05) is 0 Å². The van der Waals surface area contributed by atoms with Gasteiger partial charge in [-0.05, 0) is 71.9 Å². The van der Waals surface area contributed by atoms with Crippen LogP contribution in [0.2, 0.25) is 0 Å². The van der Waals surface area contributed by atoms with Gasteiger partial charge in [0.1, 0.15) is 13.2 Å². The molecule has 0 fully saturated rings. The summed E-state index contributed by atoms with van der Waals surface area (Å²) in [6.45, 7) is 20.2. The highest BCUT2D eigenvalue weighted by molar-refractivity contribution is 5.60. The Morgan fingerprint density at radius 2 is 1.00 bits per heavy atom. The van der Waals surface area contributed by atoms with Gasteiger partial charge in [-0.2, -0.15) is 10.5 Å². The Morgan fingerprint density at radius 3 is 1.28 bits per heavy atom. The molecule has 0 amide bonds. The number of ether oxygens (including phenoxy) is 2. The first-order valence-corrected chi connectivity index (χ1v) is 12.3. The largest absolute Gasteiger partial charge is 0.508 e. The molecule has 2 rings (SSSR count). The van der Waals surface area contributed by atoms with Crippen LogP contribution in [-0.2, 0) is 44.3 Å². The quantitative estimate of drug-likeness (QED) is 0.388. The summed E-state index contributed by atoms with van der Waals surface area (Å²) in [6.07, 6.45) is -0.795. The maximum atomic E-state index is 12.5. The molecule has 36 heavy (non-hydrogen) atoms. The number of hydrogen-bond acceptors (Lipinski definition) is 5. The van der Waals surface area contributed by atoms with E-state index in [0.717, 1.165) is 33.4 Å². The molecule has 0 N–H and O–H groups in total. The van der Waals surface area contributed by atoms with Gasteiger partial charge in [-0.3, -0.25) is 0 Å². The minimum Gasteiger partial charge on any atom is -0.429 e. The van der Waals surface area contributed by atoms with Crippen LogP contribution in [0.3, 0.4) is 0 Å². The van der Waals surface area contributed by atoms with Gasteiger partial charge in [0.05, 0.1) is 23.0 Å². The van der Waals surface area contributed by atoms with Crippen LogP contribution in [0, 0.1) is 22.7 Å². The number of carbonyl (C=O) groups is 1. The minimum absolute atomic E-state index is 0.00318. The average Bonchev–Trinajstić information content (AvgIpc) is 2.79. The molecule has 0 saturated carbocycles. The molecule has 5 heteroatoms. The first-order chi connectivity index (χ1) is 16.4. The molecular weight excluding hydrogens is 448 g/mol. The van der Waals surface area contributed by atoms with Crippen LogP contribution < -0.4 is 0 Å². The zero-order valence-electron chi connectivity index (χ0n) is 23.5. The molecule has 0 spiro atoms. The SMILES string of the molecule is CC(C)(C)c1ccc(COC(=O)OCc2ccc(C(C)(C)C)cc2C(C)(C)C#N)c(C(C)(C)C#N)c1. The predicted octanol–water partition coefficient (Wildman–Crippen LogP) is 7.74. The zero-order chi connectivity index (χ0) is 27.5. The van der Waals surface area contributed by atoms with Crippen LogP contribution in [0.4, 0.5) is 4.79 Å². The Labute approximate surface area is 217 Å². The van der Waals surface area contributed by atoms with Crippen LogP contribution >= 0.6 is 0 Å². The highest BCUT2D eigenvalue weighted by Crippen LogP contribution is 2.33. The molecule has 0 aliphatic rings. The second-order valence-corrected chi connectivity index (χ2v) is 12.5. The predicted molar refractivity (Wildman–Crippen MR) is 143 cm³/mol. The summed E-state index contributed by atoms with van der Waals surface area (Å²) in [7, 11) is 0. The van der Waals surface area contributed by atoms with Crippen molar-refractivity contribution in [2.24, 2.45) is 0 Å². The Bertz CT molecular complexity index is 1100. The molecule has 5 nitrogen and oxygen atoms in total. The van der Waals surface area contributed by atoms with E-state index >= 15 is 0 Å². The molecule has 0 aromatic heterocycles. The van der Waals surface area contributed by atoms with Gasteiger partial charge in [0.25, 0.3) is 0 Å². The molecule has 0 atom stereocenters. The van der Waals surface area contributed by atoms with Crippen LogP contribution in [0.15, 0.2) is 36.4 Å². The summed E-state index contributed by atoms with van der Waals surface area (Å²) in [4.78, 5) is 12.5. The topological polar surface area (TPSA) is 83.1 Å². The minimum atomic E-state index is -0.795. The Morgan fingerprint density at radius 1 is 0.667 bits per heavy atom. The van der Waals surface area contributed by atoms with Crippen LogP contribution in [0.25, 0.3) is 0 Å². The van der Waals surface area contributed by atoms with Gasteiger partial charge in [-0.1, -0.05) is 77.9 Å². The lowest BCUT2D eigenvalue weighted by Crippen LogP contribution is -2.21. The van der Waals surface area contributed by atoms with Gasteiger partial charge < -0.3 is 9.47 Å². The molecule has 0 aliphatic heterocycles. The average molecular weight is 489 g/mol. The maximum absolute atomic E-state index is 12.5. The molecular formula is C31H40N2O3. The van der Waals surface area contributed by atoms with E-state index in [9.17, 15) is 15.3 Å². The van der Waals surface area contributed by atoms with Gasteiger partial charge in [-0.15, -0.1) is 0 Å². The first-order valence-electron chi connectivity index (χ1n) is 12.3. The number of nitriles is 2. The third-order valence-electron chi connectivity index (χ3n) is 6.55. The highest BCUT2D eigenvalue weighted by atomic mass is 16.7. The zero-order valence-corrected chi connectivity index (χ0v) is 23.5. The second kappa shape index (κ2) is 10.4. The highest BCUT2D eigenvalue weighted by Gasteiger charge is 2.28. The number of nitrogens with zero attached hydrogens (tertiary/aromatic N) is 2. The normalized spacial score (nSPS) is 12.4. The standard InChI is InChI=1S/C31H40N2O3/c1-28(2,3)23-13-11-21(25(15-23)30(7,8)19-32)17-35-27(34)36-18-22-12-14-24(29(4,5)6)16-26(22)31(9,10)20-33/h11-16H,17-18H2,1-10H3. The van der Waals surface area contributed by atoms with Crippen molar-refractivity contribution in [1.82, 2.24) is 0 Å². The molecule has 0 heterocycles. The van der Waals surface area contributed by atoms with Gasteiger partial charge in [0, 0.05) is 0 Å². The summed E-state index contributed by atoms with van der Waals surface area (Å²) >= 11 is 0. The van der Waals surface area contributed by atoms with E-state index in [1.165, 1.54) is 0 Å². The number of benzene rings is 2. The van der Waals surface area contributed by atoms with Gasteiger partial charge in [0.2, 0.25) is 0 Å². The summed E-state index contributed by atoms with van der Waals surface area (Å²) < 4.78 is 10.9. The molecule has 0 bridgehead atoms. The molecule has 0 radical (unpaired) electrons.